The highest BCUT2D eigenvalue weighted by Gasteiger charge is 2.18. The van der Waals surface area contributed by atoms with Crippen molar-refractivity contribution >= 4 is 15.2 Å². The fourth-order valence-corrected chi connectivity index (χ4v) is 5.84. The van der Waals surface area contributed by atoms with Gasteiger partial charge in [0, 0.05) is 59.7 Å². The Balaban J connectivity index is 1.21. The van der Waals surface area contributed by atoms with E-state index < -0.39 is 15.2 Å². The first-order chi connectivity index (χ1) is 21.0. The average Bonchev–Trinajstić information content (AvgIpc) is 3.01. The summed E-state index contributed by atoms with van der Waals surface area (Å²) < 4.78 is 30.1. The van der Waals surface area contributed by atoms with Gasteiger partial charge in [-0.25, -0.2) is 18.3 Å². The molecule has 0 amide bonds. The van der Waals surface area contributed by atoms with Crippen molar-refractivity contribution in [3.8, 4) is 22.3 Å². The molecule has 5 rings (SSSR count). The van der Waals surface area contributed by atoms with Gasteiger partial charge in [0.15, 0.2) is 75.8 Å². The maximum Gasteiger partial charge on any atom is 0.331 e. The van der Waals surface area contributed by atoms with Crippen LogP contribution in [0.2, 0.25) is 0 Å². The van der Waals surface area contributed by atoms with Gasteiger partial charge in [0.05, 0.1) is 0 Å². The van der Waals surface area contributed by atoms with E-state index in [1.165, 1.54) is 11.1 Å². The van der Waals surface area contributed by atoms with E-state index in [9.17, 15) is 9.13 Å². The third kappa shape index (κ3) is 9.31. The van der Waals surface area contributed by atoms with Crippen LogP contribution in [0.25, 0.3) is 22.3 Å². The van der Waals surface area contributed by atoms with Gasteiger partial charge in [0.2, 0.25) is 0 Å². The predicted octanol–water partition coefficient (Wildman–Crippen LogP) is 2.62. The zero-order valence-electron chi connectivity index (χ0n) is 24.1. The van der Waals surface area contributed by atoms with Crippen LogP contribution in [-0.2, 0) is 35.3 Å². The lowest BCUT2D eigenvalue weighted by molar-refractivity contribution is -0.693. The standard InChI is InChI=1S/C32H32N4O6P2/c37-43(38,39)23-21-33-13-5-27(6-14-33)29-9-17-35(18-10-29)25-31-3-1-2-4-32(31)26-36-19-11-30(12-20-36)28-7-15-34(16-8-28)22-24-44(40,41)42/h1-20H,21-26H2/p+4. The lowest BCUT2D eigenvalue weighted by Gasteiger charge is -2.06. The molecule has 0 aliphatic rings. The summed E-state index contributed by atoms with van der Waals surface area (Å²) in [6, 6.07) is 24.4. The smallest absolute Gasteiger partial charge is 0.324 e. The van der Waals surface area contributed by atoms with Crippen molar-refractivity contribution in [1.29, 1.82) is 0 Å². The molecule has 226 valence electrons. The molecule has 0 spiro atoms. The summed E-state index contributed by atoms with van der Waals surface area (Å²) in [5.74, 6) is 0. The molecule has 5 aromatic rings. The number of nitrogens with zero attached hydrogens (tertiary/aromatic N) is 4. The van der Waals surface area contributed by atoms with Crippen LogP contribution in [0.5, 0.6) is 0 Å². The third-order valence-corrected chi connectivity index (χ3v) is 8.92. The molecule has 0 radical (unpaired) electrons. The molecule has 12 heteroatoms. The second kappa shape index (κ2) is 13.8. The van der Waals surface area contributed by atoms with Gasteiger partial charge in [-0.1, -0.05) is 24.3 Å². The molecule has 4 heterocycles. The van der Waals surface area contributed by atoms with Gasteiger partial charge in [0.1, 0.15) is 12.3 Å². The molecule has 0 aliphatic heterocycles. The Labute approximate surface area is 256 Å². The summed E-state index contributed by atoms with van der Waals surface area (Å²) in [5, 5.41) is 0. The van der Waals surface area contributed by atoms with Crippen molar-refractivity contribution in [2.75, 3.05) is 12.3 Å². The summed E-state index contributed by atoms with van der Waals surface area (Å²) >= 11 is 0. The number of aromatic nitrogens is 4. The molecule has 0 bridgehead atoms. The number of hydrogen-bond donors (Lipinski definition) is 4. The number of benzene rings is 1. The normalized spacial score (nSPS) is 11.9. The molecule has 0 saturated heterocycles. The fourth-order valence-electron chi connectivity index (χ4n) is 4.86. The van der Waals surface area contributed by atoms with Gasteiger partial charge in [-0.15, -0.1) is 0 Å². The van der Waals surface area contributed by atoms with Crippen LogP contribution in [-0.4, -0.2) is 31.9 Å². The van der Waals surface area contributed by atoms with Gasteiger partial charge >= 0.3 is 15.2 Å². The van der Waals surface area contributed by atoms with E-state index in [-0.39, 0.29) is 25.4 Å². The zero-order chi connectivity index (χ0) is 31.2. The summed E-state index contributed by atoms with van der Waals surface area (Å²) in [6.07, 6.45) is 15.2. The topological polar surface area (TPSA) is 131 Å². The van der Waals surface area contributed by atoms with Crippen LogP contribution in [0.3, 0.4) is 0 Å². The highest BCUT2D eigenvalue weighted by molar-refractivity contribution is 7.51. The number of hydrogen-bond acceptors (Lipinski definition) is 2. The number of aryl methyl sites for hydroxylation is 2. The highest BCUT2D eigenvalue weighted by Crippen LogP contribution is 2.34. The Bertz CT molecular complexity index is 1650. The molecule has 0 atom stereocenters. The Morgan fingerprint density at radius 2 is 0.705 bits per heavy atom. The van der Waals surface area contributed by atoms with Crippen molar-refractivity contribution < 1.29 is 47.0 Å². The van der Waals surface area contributed by atoms with Crippen LogP contribution < -0.4 is 18.3 Å². The quantitative estimate of drug-likeness (QED) is 0.123. The fraction of sp³-hybridized carbons (Fsp3) is 0.188. The van der Waals surface area contributed by atoms with E-state index in [0.29, 0.717) is 0 Å². The van der Waals surface area contributed by atoms with E-state index in [0.717, 1.165) is 35.3 Å². The predicted molar refractivity (Wildman–Crippen MR) is 163 cm³/mol. The van der Waals surface area contributed by atoms with Crippen molar-refractivity contribution in [2.45, 2.75) is 26.2 Å². The van der Waals surface area contributed by atoms with Crippen LogP contribution in [0.1, 0.15) is 11.1 Å². The summed E-state index contributed by atoms with van der Waals surface area (Å²) in [4.78, 5) is 36.4. The summed E-state index contributed by atoms with van der Waals surface area (Å²) in [5.41, 5.74) is 6.60. The molecule has 0 saturated carbocycles. The van der Waals surface area contributed by atoms with E-state index in [2.05, 4.69) is 82.5 Å². The Morgan fingerprint density at radius 3 is 0.977 bits per heavy atom. The van der Waals surface area contributed by atoms with Gasteiger partial charge in [-0.05, 0) is 22.3 Å². The van der Waals surface area contributed by atoms with Crippen LogP contribution in [0, 0.1) is 0 Å². The molecule has 0 fully saturated rings. The monoisotopic (exact) mass is 634 g/mol. The summed E-state index contributed by atoms with van der Waals surface area (Å²) in [7, 11) is -8.05. The highest BCUT2D eigenvalue weighted by atomic mass is 31.2. The van der Waals surface area contributed by atoms with Crippen LogP contribution >= 0.6 is 15.2 Å². The van der Waals surface area contributed by atoms with Crippen molar-refractivity contribution in [3.05, 3.63) is 133 Å². The number of rotatable bonds is 12. The third-order valence-electron chi connectivity index (χ3n) is 7.35. The molecule has 4 N–H and O–H groups in total. The van der Waals surface area contributed by atoms with Crippen LogP contribution in [0.15, 0.2) is 122 Å². The zero-order valence-corrected chi connectivity index (χ0v) is 25.9. The molecule has 1 aromatic carbocycles. The number of pyridine rings is 4. The Kier molecular flexibility index (Phi) is 9.91. The molecule has 44 heavy (non-hydrogen) atoms. The minimum atomic E-state index is -4.02. The lowest BCUT2D eigenvalue weighted by atomic mass is 10.1. The Hall–Kier alpha value is -3.88. The maximum absolute atomic E-state index is 11.1. The van der Waals surface area contributed by atoms with Crippen molar-refractivity contribution in [2.24, 2.45) is 0 Å². The van der Waals surface area contributed by atoms with Gasteiger partial charge in [0.25, 0.3) is 0 Å². The second-order valence-corrected chi connectivity index (χ2v) is 14.3. The lowest BCUT2D eigenvalue weighted by Crippen LogP contribution is -2.36. The van der Waals surface area contributed by atoms with E-state index >= 15 is 0 Å². The molecule has 0 unspecified atom stereocenters. The molecule has 0 aliphatic carbocycles. The minimum absolute atomic E-state index is 0.186. The van der Waals surface area contributed by atoms with Gasteiger partial charge in [-0.3, -0.25) is 9.13 Å². The first-order valence-corrected chi connectivity index (χ1v) is 17.7. The minimum Gasteiger partial charge on any atom is -0.324 e. The van der Waals surface area contributed by atoms with Gasteiger partial charge < -0.3 is 19.6 Å². The van der Waals surface area contributed by atoms with Crippen molar-refractivity contribution in [1.82, 2.24) is 0 Å². The Morgan fingerprint density at radius 1 is 0.432 bits per heavy atom. The van der Waals surface area contributed by atoms with Crippen LogP contribution in [0.4, 0.5) is 0 Å². The average molecular weight is 635 g/mol. The second-order valence-electron chi connectivity index (χ2n) is 10.7. The SMILES string of the molecule is O=P(O)(O)CC[n+]1ccc(-c2cc[n+](Cc3ccccc3C[n+]3ccc(-c4cc[n+](CCP(=O)(O)O)cc4)cc3)cc2)cc1. The maximum atomic E-state index is 11.1. The van der Waals surface area contributed by atoms with E-state index in [1.807, 2.05) is 49.1 Å². The van der Waals surface area contributed by atoms with E-state index in [1.54, 1.807) is 9.13 Å². The molecular weight excluding hydrogens is 598 g/mol. The van der Waals surface area contributed by atoms with E-state index in [4.69, 9.17) is 19.6 Å². The van der Waals surface area contributed by atoms with Gasteiger partial charge in [-0.2, -0.15) is 0 Å². The summed E-state index contributed by atoms with van der Waals surface area (Å²) in [6.45, 7) is 1.97. The first kappa shape index (κ1) is 31.5. The van der Waals surface area contributed by atoms with Crippen molar-refractivity contribution in [3.63, 3.8) is 0 Å². The molecular formula is C32H36N4O6P2+4. The largest absolute Gasteiger partial charge is 0.331 e. The first-order valence-electron chi connectivity index (χ1n) is 14.1. The molecule has 4 aromatic heterocycles. The molecule has 10 nitrogen and oxygen atoms in total.